The Balaban J connectivity index is 2.37. The summed E-state index contributed by atoms with van der Waals surface area (Å²) < 4.78 is 1.65. The molecule has 0 aliphatic rings. The zero-order valence-corrected chi connectivity index (χ0v) is 8.73. The van der Waals surface area contributed by atoms with Gasteiger partial charge in [0, 0.05) is 18.9 Å². The second-order valence-corrected chi connectivity index (χ2v) is 3.31. The number of nitrogens with one attached hydrogen (secondary N) is 1. The summed E-state index contributed by atoms with van der Waals surface area (Å²) in [7, 11) is 0. The normalized spacial score (nSPS) is 12.4. The van der Waals surface area contributed by atoms with Crippen molar-refractivity contribution in [3.63, 3.8) is 0 Å². The van der Waals surface area contributed by atoms with Gasteiger partial charge in [0.15, 0.2) is 0 Å². The average molecular weight is 195 g/mol. The Morgan fingerprint density at radius 1 is 1.64 bits per heavy atom. The molecule has 1 aromatic heterocycles. The zero-order valence-electron chi connectivity index (χ0n) is 8.73. The lowest BCUT2D eigenvalue weighted by Gasteiger charge is -2.11. The first kappa shape index (κ1) is 10.8. The van der Waals surface area contributed by atoms with Gasteiger partial charge in [-0.3, -0.25) is 9.48 Å². The van der Waals surface area contributed by atoms with Gasteiger partial charge in [0.05, 0.1) is 0 Å². The Labute approximate surface area is 84.3 Å². The van der Waals surface area contributed by atoms with E-state index in [0.29, 0.717) is 0 Å². The van der Waals surface area contributed by atoms with Crippen molar-refractivity contribution < 1.29 is 4.79 Å². The first-order valence-corrected chi connectivity index (χ1v) is 5.02. The lowest BCUT2D eigenvalue weighted by molar-refractivity contribution is -0.124. The smallest absolute Gasteiger partial charge is 0.244 e. The summed E-state index contributed by atoms with van der Waals surface area (Å²) in [5, 5.41) is 6.89. The highest BCUT2D eigenvalue weighted by atomic mass is 16.2. The molecule has 0 aliphatic carbocycles. The number of carbonyl (C=O) groups excluding carboxylic acids is 1. The van der Waals surface area contributed by atoms with Crippen molar-refractivity contribution in [1.29, 1.82) is 0 Å². The minimum atomic E-state index is -0.221. The Hall–Kier alpha value is -1.32. The van der Waals surface area contributed by atoms with E-state index in [9.17, 15) is 4.79 Å². The second-order valence-electron chi connectivity index (χ2n) is 3.31. The molecule has 0 saturated heterocycles. The molecule has 14 heavy (non-hydrogen) atoms. The highest BCUT2D eigenvalue weighted by Crippen LogP contribution is 2.02. The third-order valence-corrected chi connectivity index (χ3v) is 2.13. The molecule has 1 rings (SSSR count). The molecule has 4 nitrogen and oxygen atoms in total. The number of hydrogen-bond donors (Lipinski definition) is 1. The molecule has 0 aliphatic heterocycles. The highest BCUT2D eigenvalue weighted by Gasteiger charge is 2.13. The summed E-state index contributed by atoms with van der Waals surface area (Å²) >= 11 is 0. The molecule has 4 heteroatoms. The molecule has 0 aromatic carbocycles. The first-order chi connectivity index (χ1) is 6.75. The van der Waals surface area contributed by atoms with Gasteiger partial charge in [-0.15, -0.1) is 0 Å². The van der Waals surface area contributed by atoms with E-state index in [4.69, 9.17) is 0 Å². The van der Waals surface area contributed by atoms with E-state index in [2.05, 4.69) is 17.3 Å². The van der Waals surface area contributed by atoms with Crippen LogP contribution in [0.3, 0.4) is 0 Å². The lowest BCUT2D eigenvalue weighted by Crippen LogP contribution is -2.31. The Kier molecular flexibility index (Phi) is 4.16. The lowest BCUT2D eigenvalue weighted by atomic mass is 10.3. The van der Waals surface area contributed by atoms with E-state index in [1.54, 1.807) is 17.1 Å². The number of amides is 1. The maximum atomic E-state index is 11.5. The Bertz CT molecular complexity index is 269. The number of hydrogen-bond acceptors (Lipinski definition) is 2. The molecular formula is C10H17N3O. The molecule has 1 atom stereocenters. The molecule has 1 heterocycles. The molecule has 0 fully saturated rings. The van der Waals surface area contributed by atoms with E-state index < -0.39 is 0 Å². The van der Waals surface area contributed by atoms with Gasteiger partial charge in [0.2, 0.25) is 5.91 Å². The van der Waals surface area contributed by atoms with E-state index in [-0.39, 0.29) is 11.9 Å². The van der Waals surface area contributed by atoms with E-state index in [1.807, 2.05) is 13.0 Å². The van der Waals surface area contributed by atoms with Crippen LogP contribution in [-0.2, 0) is 4.79 Å². The second kappa shape index (κ2) is 5.42. The summed E-state index contributed by atoms with van der Waals surface area (Å²) in [5.41, 5.74) is 0. The van der Waals surface area contributed by atoms with Gasteiger partial charge in [-0.2, -0.15) is 5.10 Å². The molecule has 1 amide bonds. The fourth-order valence-electron chi connectivity index (χ4n) is 1.17. The number of unbranched alkanes of at least 4 members (excludes halogenated alkanes) is 1. The van der Waals surface area contributed by atoms with E-state index in [1.165, 1.54) is 0 Å². The largest absolute Gasteiger partial charge is 0.354 e. The molecule has 0 spiro atoms. The van der Waals surface area contributed by atoms with Crippen LogP contribution in [0.5, 0.6) is 0 Å². The van der Waals surface area contributed by atoms with Crippen LogP contribution in [0.25, 0.3) is 0 Å². The van der Waals surface area contributed by atoms with Crippen LogP contribution in [0, 0.1) is 0 Å². The number of carbonyl (C=O) groups is 1. The molecule has 0 bridgehead atoms. The van der Waals surface area contributed by atoms with E-state index in [0.717, 1.165) is 19.4 Å². The summed E-state index contributed by atoms with van der Waals surface area (Å²) in [4.78, 5) is 11.5. The third-order valence-electron chi connectivity index (χ3n) is 2.13. The predicted octanol–water partition coefficient (Wildman–Crippen LogP) is 1.36. The monoisotopic (exact) mass is 195 g/mol. The maximum Gasteiger partial charge on any atom is 0.244 e. The molecule has 0 radical (unpaired) electrons. The molecule has 1 aromatic rings. The van der Waals surface area contributed by atoms with Crippen molar-refractivity contribution in [3.8, 4) is 0 Å². The summed E-state index contributed by atoms with van der Waals surface area (Å²) in [6.45, 7) is 4.69. The van der Waals surface area contributed by atoms with Crippen LogP contribution < -0.4 is 5.32 Å². The number of nitrogens with zero attached hydrogens (tertiary/aromatic N) is 2. The van der Waals surface area contributed by atoms with Gasteiger partial charge < -0.3 is 5.32 Å². The quantitative estimate of drug-likeness (QED) is 0.721. The Morgan fingerprint density at radius 3 is 3.00 bits per heavy atom. The van der Waals surface area contributed by atoms with Gasteiger partial charge in [-0.05, 0) is 19.4 Å². The van der Waals surface area contributed by atoms with Crippen molar-refractivity contribution in [2.45, 2.75) is 32.7 Å². The molecular weight excluding hydrogens is 178 g/mol. The van der Waals surface area contributed by atoms with Crippen LogP contribution in [-0.4, -0.2) is 22.2 Å². The van der Waals surface area contributed by atoms with Crippen molar-refractivity contribution in [2.24, 2.45) is 0 Å². The maximum absolute atomic E-state index is 11.5. The van der Waals surface area contributed by atoms with Crippen molar-refractivity contribution in [3.05, 3.63) is 18.5 Å². The predicted molar refractivity (Wildman–Crippen MR) is 54.9 cm³/mol. The third kappa shape index (κ3) is 2.87. The number of aromatic nitrogens is 2. The minimum absolute atomic E-state index is 0.0298. The van der Waals surface area contributed by atoms with Gasteiger partial charge in [-0.25, -0.2) is 0 Å². The minimum Gasteiger partial charge on any atom is -0.354 e. The van der Waals surface area contributed by atoms with Gasteiger partial charge >= 0.3 is 0 Å². The SMILES string of the molecule is CCCCNC(=O)C(C)n1cccn1. The van der Waals surface area contributed by atoms with Crippen molar-refractivity contribution >= 4 is 5.91 Å². The highest BCUT2D eigenvalue weighted by molar-refractivity contribution is 5.79. The average Bonchev–Trinajstić information content (AvgIpc) is 2.69. The number of rotatable bonds is 5. The van der Waals surface area contributed by atoms with Crippen LogP contribution in [0.1, 0.15) is 32.7 Å². The molecule has 1 N–H and O–H groups in total. The fourth-order valence-corrected chi connectivity index (χ4v) is 1.17. The van der Waals surface area contributed by atoms with Gasteiger partial charge in [-0.1, -0.05) is 13.3 Å². The van der Waals surface area contributed by atoms with Crippen LogP contribution >= 0.6 is 0 Å². The topological polar surface area (TPSA) is 46.9 Å². The zero-order chi connectivity index (χ0) is 10.4. The molecule has 0 saturated carbocycles. The summed E-state index contributed by atoms with van der Waals surface area (Å²) in [5.74, 6) is 0.0298. The van der Waals surface area contributed by atoms with Crippen LogP contribution in [0.2, 0.25) is 0 Å². The fraction of sp³-hybridized carbons (Fsp3) is 0.600. The van der Waals surface area contributed by atoms with Crippen LogP contribution in [0.15, 0.2) is 18.5 Å². The van der Waals surface area contributed by atoms with Crippen LogP contribution in [0.4, 0.5) is 0 Å². The summed E-state index contributed by atoms with van der Waals surface area (Å²) in [6.07, 6.45) is 5.59. The van der Waals surface area contributed by atoms with E-state index >= 15 is 0 Å². The van der Waals surface area contributed by atoms with Crippen molar-refractivity contribution in [2.75, 3.05) is 6.54 Å². The first-order valence-electron chi connectivity index (χ1n) is 5.02. The Morgan fingerprint density at radius 2 is 2.43 bits per heavy atom. The van der Waals surface area contributed by atoms with Gasteiger partial charge in [0.25, 0.3) is 0 Å². The van der Waals surface area contributed by atoms with Crippen molar-refractivity contribution in [1.82, 2.24) is 15.1 Å². The summed E-state index contributed by atoms with van der Waals surface area (Å²) in [6, 6.07) is 1.59. The van der Waals surface area contributed by atoms with Gasteiger partial charge in [0.1, 0.15) is 6.04 Å². The standard InChI is InChI=1S/C10H17N3O/c1-3-4-6-11-10(14)9(2)13-8-5-7-12-13/h5,7-9H,3-4,6H2,1-2H3,(H,11,14). The molecule has 78 valence electrons. The molecule has 1 unspecified atom stereocenters.